The number of hydrogen-bond donors (Lipinski definition) is 2. The Morgan fingerprint density at radius 3 is 2.75 bits per heavy atom. The van der Waals surface area contributed by atoms with Crippen LogP contribution < -0.4 is 10.2 Å². The van der Waals surface area contributed by atoms with Crippen molar-refractivity contribution >= 4 is 12.0 Å². The topological polar surface area (TPSA) is 52.6 Å². The maximum absolute atomic E-state index is 10.6. The highest BCUT2D eigenvalue weighted by atomic mass is 16.3. The first-order valence-electron chi connectivity index (χ1n) is 7.40. The predicted octanol–water partition coefficient (Wildman–Crippen LogP) is 2.67. The second kappa shape index (κ2) is 8.59. The van der Waals surface area contributed by atoms with Gasteiger partial charge >= 0.3 is 0 Å². The van der Waals surface area contributed by atoms with Crippen LogP contribution in [0.2, 0.25) is 0 Å². The molecule has 1 aliphatic rings. The molecule has 0 amide bonds. The molecule has 1 unspecified atom stereocenters. The average Bonchev–Trinajstić information content (AvgIpc) is 3.00. The molecule has 0 bridgehead atoms. The van der Waals surface area contributed by atoms with E-state index in [1.807, 2.05) is 27.0 Å². The van der Waals surface area contributed by atoms with Gasteiger partial charge in [-0.1, -0.05) is 13.8 Å². The number of anilines is 1. The van der Waals surface area contributed by atoms with Gasteiger partial charge in [-0.2, -0.15) is 0 Å². The molecule has 1 aliphatic heterocycles. The lowest BCUT2D eigenvalue weighted by Crippen LogP contribution is -2.21. The summed E-state index contributed by atoms with van der Waals surface area (Å²) in [6.45, 7) is 7.21. The third-order valence-electron chi connectivity index (χ3n) is 3.62. The molecule has 1 saturated heterocycles. The molecule has 0 spiro atoms. The van der Waals surface area contributed by atoms with Crippen molar-refractivity contribution in [1.82, 2.24) is 5.32 Å². The number of benzene rings is 1. The summed E-state index contributed by atoms with van der Waals surface area (Å²) in [6, 6.07) is 5.18. The smallest absolute Gasteiger partial charge is 0.153 e. The van der Waals surface area contributed by atoms with Crippen LogP contribution in [-0.2, 0) is 0 Å². The molecular weight excluding hydrogens is 252 g/mol. The molecule has 0 radical (unpaired) electrons. The van der Waals surface area contributed by atoms with Crippen LogP contribution in [0, 0.1) is 5.92 Å². The largest absolute Gasteiger partial charge is 0.507 e. The van der Waals surface area contributed by atoms with Gasteiger partial charge in [-0.15, -0.1) is 0 Å². The predicted molar refractivity (Wildman–Crippen MR) is 83.7 cm³/mol. The minimum Gasteiger partial charge on any atom is -0.507 e. The minimum absolute atomic E-state index is 0.0527. The number of nitrogens with one attached hydrogen (secondary N) is 1. The van der Waals surface area contributed by atoms with E-state index < -0.39 is 0 Å². The zero-order valence-corrected chi connectivity index (χ0v) is 12.7. The molecule has 2 rings (SSSR count). The highest BCUT2D eigenvalue weighted by molar-refractivity contribution is 5.80. The summed E-state index contributed by atoms with van der Waals surface area (Å²) in [5.41, 5.74) is 1.29. The fraction of sp³-hybridized carbons (Fsp3) is 0.562. The third kappa shape index (κ3) is 4.53. The molecule has 1 atom stereocenters. The van der Waals surface area contributed by atoms with Gasteiger partial charge in [0.05, 0.1) is 5.56 Å². The van der Waals surface area contributed by atoms with Crippen molar-refractivity contribution in [3.05, 3.63) is 23.8 Å². The van der Waals surface area contributed by atoms with Crippen LogP contribution in [0.3, 0.4) is 0 Å². The number of aldehydes is 1. The zero-order chi connectivity index (χ0) is 15.0. The molecule has 0 aromatic heterocycles. The summed E-state index contributed by atoms with van der Waals surface area (Å²) in [5, 5.41) is 13.0. The van der Waals surface area contributed by atoms with E-state index >= 15 is 0 Å². The zero-order valence-electron chi connectivity index (χ0n) is 12.7. The Morgan fingerprint density at radius 1 is 1.45 bits per heavy atom. The van der Waals surface area contributed by atoms with Crippen LogP contribution in [-0.4, -0.2) is 38.1 Å². The van der Waals surface area contributed by atoms with Gasteiger partial charge in [-0.3, -0.25) is 4.79 Å². The van der Waals surface area contributed by atoms with E-state index in [1.165, 1.54) is 6.42 Å². The SMILES string of the molecule is CC.CN(CCC1CCNC1)c1ccc(C=O)c(O)c1. The Kier molecular flexibility index (Phi) is 7.09. The van der Waals surface area contributed by atoms with Gasteiger partial charge < -0.3 is 15.3 Å². The van der Waals surface area contributed by atoms with Gasteiger partial charge in [-0.05, 0) is 44.0 Å². The van der Waals surface area contributed by atoms with E-state index in [9.17, 15) is 9.90 Å². The van der Waals surface area contributed by atoms with Gasteiger partial charge in [0.15, 0.2) is 6.29 Å². The van der Waals surface area contributed by atoms with Crippen molar-refractivity contribution in [3.63, 3.8) is 0 Å². The highest BCUT2D eigenvalue weighted by Gasteiger charge is 2.15. The highest BCUT2D eigenvalue weighted by Crippen LogP contribution is 2.23. The normalized spacial score (nSPS) is 17.2. The Bertz CT molecular complexity index is 415. The molecule has 2 N–H and O–H groups in total. The standard InChI is InChI=1S/C14H20N2O2.C2H6/c1-16(7-5-11-4-6-15-9-11)13-3-2-12(10-17)14(18)8-13;1-2/h2-3,8,10-11,15,18H,4-7,9H2,1H3;1-2H3. The number of carbonyl (C=O) groups excluding carboxylic acids is 1. The Balaban J connectivity index is 0.000000956. The Labute approximate surface area is 121 Å². The van der Waals surface area contributed by atoms with E-state index in [2.05, 4.69) is 10.2 Å². The second-order valence-electron chi connectivity index (χ2n) is 4.93. The maximum Gasteiger partial charge on any atom is 0.153 e. The van der Waals surface area contributed by atoms with E-state index in [1.54, 1.807) is 12.1 Å². The molecule has 0 aliphatic carbocycles. The molecule has 4 heteroatoms. The number of carbonyl (C=O) groups is 1. The van der Waals surface area contributed by atoms with Crippen molar-refractivity contribution in [2.75, 3.05) is 31.6 Å². The summed E-state index contributed by atoms with van der Waals surface area (Å²) in [7, 11) is 2.01. The Hall–Kier alpha value is -1.55. The number of phenolic OH excluding ortho intramolecular Hbond substituents is 1. The van der Waals surface area contributed by atoms with Crippen molar-refractivity contribution in [3.8, 4) is 5.75 Å². The fourth-order valence-corrected chi connectivity index (χ4v) is 2.34. The number of hydrogen-bond acceptors (Lipinski definition) is 4. The van der Waals surface area contributed by atoms with E-state index in [-0.39, 0.29) is 5.75 Å². The van der Waals surface area contributed by atoms with Gasteiger partial charge in [0.1, 0.15) is 5.75 Å². The van der Waals surface area contributed by atoms with Crippen LogP contribution in [0.1, 0.15) is 37.0 Å². The van der Waals surface area contributed by atoms with Crippen molar-refractivity contribution in [1.29, 1.82) is 0 Å². The fourth-order valence-electron chi connectivity index (χ4n) is 2.34. The second-order valence-corrected chi connectivity index (χ2v) is 4.93. The van der Waals surface area contributed by atoms with Crippen LogP contribution in [0.4, 0.5) is 5.69 Å². The number of phenols is 1. The number of rotatable bonds is 5. The van der Waals surface area contributed by atoms with Gasteiger partial charge in [0.2, 0.25) is 0 Å². The van der Waals surface area contributed by atoms with E-state index in [0.717, 1.165) is 37.7 Å². The summed E-state index contributed by atoms with van der Waals surface area (Å²) in [5.74, 6) is 0.812. The summed E-state index contributed by atoms with van der Waals surface area (Å²) < 4.78 is 0. The average molecular weight is 278 g/mol. The third-order valence-corrected chi connectivity index (χ3v) is 3.62. The lowest BCUT2D eigenvalue weighted by Gasteiger charge is -2.21. The van der Waals surface area contributed by atoms with Gasteiger partial charge in [0.25, 0.3) is 0 Å². The summed E-state index contributed by atoms with van der Waals surface area (Å²) in [6.07, 6.45) is 3.08. The maximum atomic E-state index is 10.6. The monoisotopic (exact) mass is 278 g/mol. The van der Waals surface area contributed by atoms with Crippen molar-refractivity contribution in [2.45, 2.75) is 26.7 Å². The van der Waals surface area contributed by atoms with Crippen LogP contribution in [0.5, 0.6) is 5.75 Å². The quantitative estimate of drug-likeness (QED) is 0.813. The first-order chi connectivity index (χ1) is 9.70. The molecular formula is C16H26N2O2. The lowest BCUT2D eigenvalue weighted by molar-refractivity contribution is 0.112. The van der Waals surface area contributed by atoms with Gasteiger partial charge in [-0.25, -0.2) is 0 Å². The molecule has 4 nitrogen and oxygen atoms in total. The lowest BCUT2D eigenvalue weighted by atomic mass is 10.0. The molecule has 20 heavy (non-hydrogen) atoms. The Morgan fingerprint density at radius 2 is 2.20 bits per heavy atom. The van der Waals surface area contributed by atoms with Crippen molar-refractivity contribution in [2.24, 2.45) is 5.92 Å². The summed E-state index contributed by atoms with van der Waals surface area (Å²) in [4.78, 5) is 12.7. The van der Waals surface area contributed by atoms with E-state index in [0.29, 0.717) is 11.8 Å². The minimum atomic E-state index is 0.0527. The van der Waals surface area contributed by atoms with Crippen molar-refractivity contribution < 1.29 is 9.90 Å². The molecule has 112 valence electrons. The molecule has 1 aromatic carbocycles. The first-order valence-corrected chi connectivity index (χ1v) is 7.40. The molecule has 1 aromatic rings. The van der Waals surface area contributed by atoms with Gasteiger partial charge in [0, 0.05) is 25.3 Å². The van der Waals surface area contributed by atoms with Crippen LogP contribution in [0.25, 0.3) is 0 Å². The number of nitrogens with zero attached hydrogens (tertiary/aromatic N) is 1. The van der Waals surface area contributed by atoms with Crippen LogP contribution in [0.15, 0.2) is 18.2 Å². The van der Waals surface area contributed by atoms with E-state index in [4.69, 9.17) is 0 Å². The summed E-state index contributed by atoms with van der Waals surface area (Å²) >= 11 is 0. The first kappa shape index (κ1) is 16.5. The number of aromatic hydroxyl groups is 1. The molecule has 1 fully saturated rings. The van der Waals surface area contributed by atoms with Crippen LogP contribution >= 0.6 is 0 Å². The molecule has 0 saturated carbocycles. The molecule has 1 heterocycles.